The molecule has 7 heterocycles. The molecule has 2 aliphatic heterocycles. The second-order valence-electron chi connectivity index (χ2n) is 13.2. The lowest BCUT2D eigenvalue weighted by Gasteiger charge is -2.36. The van der Waals surface area contributed by atoms with Crippen LogP contribution >= 0.6 is 0 Å². The molecule has 1 saturated carbocycles. The van der Waals surface area contributed by atoms with E-state index in [1.165, 1.54) is 12.4 Å². The van der Waals surface area contributed by atoms with Crippen LogP contribution in [0.3, 0.4) is 0 Å². The molecule has 17 nitrogen and oxygen atoms in total. The van der Waals surface area contributed by atoms with Gasteiger partial charge in [0.1, 0.15) is 11.6 Å². The third-order valence-corrected chi connectivity index (χ3v) is 11.3. The van der Waals surface area contributed by atoms with Crippen LogP contribution < -0.4 is 20.4 Å². The Morgan fingerprint density at radius 2 is 1.80 bits per heavy atom. The number of hydrogen-bond donors (Lipinski definition) is 2. The molecule has 0 aromatic carbocycles. The molecule has 1 aliphatic carbocycles. The molecule has 3 fully saturated rings. The molecule has 18 heteroatoms. The molecule has 0 spiro atoms. The number of imide groups is 1. The van der Waals surface area contributed by atoms with Gasteiger partial charge in [0.15, 0.2) is 11.6 Å². The van der Waals surface area contributed by atoms with Gasteiger partial charge >= 0.3 is 6.03 Å². The summed E-state index contributed by atoms with van der Waals surface area (Å²) in [5, 5.41) is 15.3. The molecule has 3 amide bonds. The largest absolute Gasteiger partial charge is 0.352 e. The van der Waals surface area contributed by atoms with Crippen molar-refractivity contribution in [2.24, 2.45) is 0 Å². The molecule has 51 heavy (non-hydrogen) atoms. The monoisotopic (exact) mass is 711 g/mol. The SMILES string of the molecule is CC(C)n1nc(N2CCN(Cc3ccncc3N3CCC(=O)NC3=O)CC2)c2cnc(Nc3ccnc(-c4cnn(S(=O)(=O)C5CC5)c4)n3)cc21. The minimum Gasteiger partial charge on any atom is -0.352 e. The van der Waals surface area contributed by atoms with Gasteiger partial charge in [-0.25, -0.2) is 28.2 Å². The van der Waals surface area contributed by atoms with Crippen molar-refractivity contribution in [3.63, 3.8) is 0 Å². The highest BCUT2D eigenvalue weighted by Gasteiger charge is 2.38. The van der Waals surface area contributed by atoms with Gasteiger partial charge in [0, 0.05) is 76.4 Å². The van der Waals surface area contributed by atoms with Gasteiger partial charge < -0.3 is 10.2 Å². The van der Waals surface area contributed by atoms with Crippen LogP contribution in [-0.2, 0) is 21.4 Å². The smallest absolute Gasteiger partial charge is 0.328 e. The van der Waals surface area contributed by atoms with Gasteiger partial charge in [0.05, 0.1) is 46.0 Å². The van der Waals surface area contributed by atoms with E-state index in [9.17, 15) is 18.0 Å². The van der Waals surface area contributed by atoms with Crippen LogP contribution in [0.2, 0.25) is 0 Å². The number of amides is 3. The fraction of sp³-hybridized carbons (Fsp3) is 0.394. The first-order valence-corrected chi connectivity index (χ1v) is 18.4. The van der Waals surface area contributed by atoms with Crippen LogP contribution in [0.5, 0.6) is 0 Å². The predicted octanol–water partition coefficient (Wildman–Crippen LogP) is 2.91. The number of nitrogens with zero attached hydrogens (tertiary/aromatic N) is 11. The summed E-state index contributed by atoms with van der Waals surface area (Å²) in [5.74, 6) is 2.04. The molecular weight excluding hydrogens is 675 g/mol. The third-order valence-electron chi connectivity index (χ3n) is 9.30. The fourth-order valence-electron chi connectivity index (χ4n) is 6.43. The van der Waals surface area contributed by atoms with Crippen molar-refractivity contribution in [3.05, 3.63) is 60.9 Å². The van der Waals surface area contributed by atoms with Crippen molar-refractivity contribution in [2.45, 2.75) is 50.9 Å². The standard InChI is InChI=1S/C33H37N13O4S/c1-21(2)46-26-15-29(38-28-6-9-35-31(39-28)23-16-37-45(20-23)51(49,50)24-3-4-24)36-17-25(26)32(41-46)43-13-11-42(12-14-43)19-22-5-8-34-18-27(22)44-10-7-30(47)40-33(44)48/h5-6,8-9,15-18,20-21,24H,3-4,7,10-14,19H2,1-2H3,(H,40,47,48)(H,35,36,38,39). The molecule has 8 rings (SSSR count). The number of fused-ring (bicyclic) bond motifs is 1. The molecule has 3 aliphatic rings. The molecule has 2 N–H and O–H groups in total. The third kappa shape index (κ3) is 6.47. The summed E-state index contributed by atoms with van der Waals surface area (Å²) >= 11 is 0. The van der Waals surface area contributed by atoms with Gasteiger partial charge in [0.25, 0.3) is 10.0 Å². The van der Waals surface area contributed by atoms with Crippen LogP contribution in [0, 0.1) is 0 Å². The van der Waals surface area contributed by atoms with E-state index in [1.807, 2.05) is 23.0 Å². The van der Waals surface area contributed by atoms with Crippen molar-refractivity contribution in [2.75, 3.05) is 47.8 Å². The lowest BCUT2D eigenvalue weighted by molar-refractivity contribution is -0.120. The molecule has 5 aromatic heterocycles. The predicted molar refractivity (Wildman–Crippen MR) is 189 cm³/mol. The maximum absolute atomic E-state index is 12.6. The van der Waals surface area contributed by atoms with E-state index in [2.05, 4.69) is 54.3 Å². The summed E-state index contributed by atoms with van der Waals surface area (Å²) in [5.41, 5.74) is 3.13. The summed E-state index contributed by atoms with van der Waals surface area (Å²) in [6.07, 6.45) is 11.3. The minimum atomic E-state index is -3.49. The number of nitrogens with one attached hydrogen (secondary N) is 2. The molecule has 264 valence electrons. The maximum Gasteiger partial charge on any atom is 0.328 e. The Morgan fingerprint density at radius 1 is 0.980 bits per heavy atom. The van der Waals surface area contributed by atoms with Crippen molar-refractivity contribution < 1.29 is 18.0 Å². The second kappa shape index (κ2) is 13.0. The van der Waals surface area contributed by atoms with E-state index < -0.39 is 16.1 Å². The summed E-state index contributed by atoms with van der Waals surface area (Å²) in [6, 6.07) is 5.29. The van der Waals surface area contributed by atoms with Crippen molar-refractivity contribution in [3.8, 4) is 11.4 Å². The number of rotatable bonds is 10. The molecule has 0 unspecified atom stereocenters. The molecule has 2 saturated heterocycles. The molecule has 0 radical (unpaired) electrons. The fourth-order valence-corrected chi connectivity index (χ4v) is 7.91. The molecular formula is C33H37N13O4S. The van der Waals surface area contributed by atoms with Crippen LogP contribution in [0.1, 0.15) is 44.7 Å². The Balaban J connectivity index is 0.968. The van der Waals surface area contributed by atoms with Gasteiger partial charge in [0.2, 0.25) is 5.91 Å². The van der Waals surface area contributed by atoms with Crippen LogP contribution in [-0.4, -0.2) is 102 Å². The van der Waals surface area contributed by atoms with E-state index in [0.29, 0.717) is 49.0 Å². The number of piperazine rings is 1. The number of anilines is 4. The van der Waals surface area contributed by atoms with Crippen molar-refractivity contribution >= 4 is 56.0 Å². The summed E-state index contributed by atoms with van der Waals surface area (Å²) in [4.78, 5) is 48.3. The number of carbonyl (C=O) groups is 2. The van der Waals surface area contributed by atoms with Crippen molar-refractivity contribution in [1.29, 1.82) is 0 Å². The minimum absolute atomic E-state index is 0.0966. The number of aromatic nitrogens is 8. The number of pyridine rings is 2. The highest BCUT2D eigenvalue weighted by molar-refractivity contribution is 7.90. The van der Waals surface area contributed by atoms with Gasteiger partial charge in [-0.05, 0) is 44.4 Å². The maximum atomic E-state index is 12.6. The van der Waals surface area contributed by atoms with Gasteiger partial charge in [-0.2, -0.15) is 14.3 Å². The Morgan fingerprint density at radius 3 is 2.57 bits per heavy atom. The van der Waals surface area contributed by atoms with Crippen molar-refractivity contribution in [1.82, 2.24) is 49.1 Å². The van der Waals surface area contributed by atoms with E-state index in [0.717, 1.165) is 58.2 Å². The van der Waals surface area contributed by atoms with Crippen LogP contribution in [0.15, 0.2) is 55.4 Å². The molecule has 0 atom stereocenters. The average Bonchev–Trinajstić information content (AvgIpc) is 3.74. The zero-order chi connectivity index (χ0) is 35.3. The second-order valence-corrected chi connectivity index (χ2v) is 15.3. The highest BCUT2D eigenvalue weighted by Crippen LogP contribution is 2.32. The van der Waals surface area contributed by atoms with E-state index >= 15 is 0 Å². The first-order valence-electron chi connectivity index (χ1n) is 16.9. The number of urea groups is 1. The summed E-state index contributed by atoms with van der Waals surface area (Å²) < 4.78 is 28.2. The Bertz CT molecular complexity index is 2240. The number of carbonyl (C=O) groups excluding carboxylic acids is 2. The Labute approximate surface area is 293 Å². The first-order chi connectivity index (χ1) is 24.6. The molecule has 5 aromatic rings. The van der Waals surface area contributed by atoms with Crippen LogP contribution in [0.25, 0.3) is 22.3 Å². The van der Waals surface area contributed by atoms with Crippen LogP contribution in [0.4, 0.5) is 27.9 Å². The molecule has 0 bridgehead atoms. The van der Waals surface area contributed by atoms with E-state index in [4.69, 9.17) is 10.1 Å². The van der Waals surface area contributed by atoms with Gasteiger partial charge in [-0.1, -0.05) is 0 Å². The van der Waals surface area contributed by atoms with E-state index in [-0.39, 0.29) is 23.6 Å². The summed E-state index contributed by atoms with van der Waals surface area (Å²) in [7, 11) is -3.49. The lowest BCUT2D eigenvalue weighted by Crippen LogP contribution is -2.50. The highest BCUT2D eigenvalue weighted by atomic mass is 32.2. The first kappa shape index (κ1) is 32.7. The zero-order valence-electron chi connectivity index (χ0n) is 28.2. The topological polar surface area (TPSA) is 189 Å². The average molecular weight is 712 g/mol. The normalized spacial score (nSPS) is 17.4. The zero-order valence-corrected chi connectivity index (χ0v) is 29.0. The Kier molecular flexibility index (Phi) is 8.33. The summed E-state index contributed by atoms with van der Waals surface area (Å²) in [6.45, 7) is 8.24. The van der Waals surface area contributed by atoms with Gasteiger partial charge in [-0.3, -0.25) is 29.6 Å². The quantitative estimate of drug-likeness (QED) is 0.215. The van der Waals surface area contributed by atoms with Gasteiger partial charge in [-0.15, -0.1) is 0 Å². The van der Waals surface area contributed by atoms with E-state index in [1.54, 1.807) is 29.6 Å². The number of hydrogen-bond acceptors (Lipinski definition) is 13. The Hall–Kier alpha value is -5.49. The lowest BCUT2D eigenvalue weighted by atomic mass is 10.1.